The van der Waals surface area contributed by atoms with E-state index in [0.29, 0.717) is 26.2 Å². The van der Waals surface area contributed by atoms with Crippen LogP contribution in [0.2, 0.25) is 0 Å². The van der Waals surface area contributed by atoms with Gasteiger partial charge in [-0.2, -0.15) is 8.78 Å². The average molecular weight is 346 g/mol. The minimum Gasteiger partial charge on any atom is -0.434 e. The zero-order valence-corrected chi connectivity index (χ0v) is 14.0. The molecule has 1 fully saturated rings. The summed E-state index contributed by atoms with van der Waals surface area (Å²) in [7, 11) is 0. The highest BCUT2D eigenvalue weighted by Gasteiger charge is 2.25. The minimum atomic E-state index is -2.95. The molecule has 25 heavy (non-hydrogen) atoms. The predicted octanol–water partition coefficient (Wildman–Crippen LogP) is 3.56. The number of para-hydroxylation sites is 2. The molecule has 132 valence electrons. The van der Waals surface area contributed by atoms with Crippen LogP contribution in [0.4, 0.5) is 14.5 Å². The van der Waals surface area contributed by atoms with Crippen molar-refractivity contribution in [3.8, 4) is 5.75 Å². The number of alkyl halides is 2. The van der Waals surface area contributed by atoms with Crippen LogP contribution >= 0.6 is 0 Å². The molecule has 3 rings (SSSR count). The fourth-order valence-electron chi connectivity index (χ4n) is 3.08. The Morgan fingerprint density at radius 3 is 2.32 bits per heavy atom. The van der Waals surface area contributed by atoms with Crippen molar-refractivity contribution in [1.82, 2.24) is 4.90 Å². The summed E-state index contributed by atoms with van der Waals surface area (Å²) in [4.78, 5) is 16.6. The van der Waals surface area contributed by atoms with Gasteiger partial charge in [0.15, 0.2) is 0 Å². The summed E-state index contributed by atoms with van der Waals surface area (Å²) in [5.74, 6) is -0.357. The van der Waals surface area contributed by atoms with Gasteiger partial charge in [-0.1, -0.05) is 30.3 Å². The fraction of sp³-hybridized carbons (Fsp3) is 0.316. The highest BCUT2D eigenvalue weighted by Crippen LogP contribution is 2.24. The fourth-order valence-corrected chi connectivity index (χ4v) is 3.08. The molecule has 0 saturated carbocycles. The summed E-state index contributed by atoms with van der Waals surface area (Å²) < 4.78 is 29.5. The van der Waals surface area contributed by atoms with Gasteiger partial charge in [0.1, 0.15) is 5.75 Å². The number of rotatable bonds is 4. The molecule has 2 aromatic rings. The van der Waals surface area contributed by atoms with Crippen molar-refractivity contribution in [3.05, 3.63) is 59.7 Å². The quantitative estimate of drug-likeness (QED) is 0.849. The van der Waals surface area contributed by atoms with Crippen molar-refractivity contribution in [2.24, 2.45) is 0 Å². The summed E-state index contributed by atoms with van der Waals surface area (Å²) in [6.07, 6.45) is 0. The van der Waals surface area contributed by atoms with E-state index in [1.54, 1.807) is 17.0 Å². The van der Waals surface area contributed by atoms with Crippen molar-refractivity contribution in [2.45, 2.75) is 13.5 Å². The lowest BCUT2D eigenvalue weighted by Crippen LogP contribution is -2.49. The third kappa shape index (κ3) is 3.90. The van der Waals surface area contributed by atoms with Crippen molar-refractivity contribution < 1.29 is 18.3 Å². The summed E-state index contributed by atoms with van der Waals surface area (Å²) in [5.41, 5.74) is 2.53. The maximum absolute atomic E-state index is 12.7. The van der Waals surface area contributed by atoms with Crippen molar-refractivity contribution in [2.75, 3.05) is 31.1 Å². The molecule has 0 spiro atoms. The monoisotopic (exact) mass is 346 g/mol. The second kappa shape index (κ2) is 7.51. The number of carbonyl (C=O) groups excluding carboxylic acids is 1. The molecule has 0 aromatic heterocycles. The van der Waals surface area contributed by atoms with Gasteiger partial charge < -0.3 is 14.5 Å². The van der Waals surface area contributed by atoms with E-state index in [-0.39, 0.29) is 17.2 Å². The van der Waals surface area contributed by atoms with Gasteiger partial charge in [0.05, 0.1) is 5.56 Å². The summed E-state index contributed by atoms with van der Waals surface area (Å²) in [6.45, 7) is 1.59. The second-order valence-corrected chi connectivity index (χ2v) is 5.94. The molecule has 0 N–H and O–H groups in total. The number of benzene rings is 2. The Balaban J connectivity index is 1.69. The van der Waals surface area contributed by atoms with Crippen molar-refractivity contribution in [3.63, 3.8) is 0 Å². The molecule has 1 amide bonds. The first-order chi connectivity index (χ1) is 12.1. The van der Waals surface area contributed by atoms with Crippen LogP contribution < -0.4 is 9.64 Å². The highest BCUT2D eigenvalue weighted by molar-refractivity contribution is 5.97. The van der Waals surface area contributed by atoms with Crippen LogP contribution in [-0.4, -0.2) is 43.6 Å². The lowest BCUT2D eigenvalue weighted by atomic mass is 10.1. The molecule has 0 aliphatic carbocycles. The molecule has 1 aliphatic rings. The zero-order chi connectivity index (χ0) is 17.8. The normalized spacial score (nSPS) is 14.7. The van der Waals surface area contributed by atoms with Crippen LogP contribution in [0.5, 0.6) is 5.75 Å². The summed E-state index contributed by atoms with van der Waals surface area (Å²) >= 11 is 0. The smallest absolute Gasteiger partial charge is 0.387 e. The number of hydrogen-bond acceptors (Lipinski definition) is 3. The molecule has 4 nitrogen and oxygen atoms in total. The van der Waals surface area contributed by atoms with Gasteiger partial charge in [0.2, 0.25) is 0 Å². The molecule has 1 saturated heterocycles. The lowest BCUT2D eigenvalue weighted by molar-refractivity contribution is -0.0502. The minimum absolute atomic E-state index is 0.0798. The first-order valence-corrected chi connectivity index (χ1v) is 8.20. The Kier molecular flexibility index (Phi) is 5.16. The van der Waals surface area contributed by atoms with Gasteiger partial charge in [0, 0.05) is 31.9 Å². The maximum atomic E-state index is 12.7. The first-order valence-electron chi connectivity index (χ1n) is 8.20. The van der Waals surface area contributed by atoms with E-state index in [4.69, 9.17) is 0 Å². The standard InChI is InChI=1S/C19H20F2N2O2/c1-14-6-2-4-8-16(14)22-10-12-23(13-11-22)18(24)15-7-3-5-9-17(15)25-19(20)21/h2-9,19H,10-13H2,1H3. The zero-order valence-electron chi connectivity index (χ0n) is 14.0. The van der Waals surface area contributed by atoms with E-state index >= 15 is 0 Å². The third-order valence-corrected chi connectivity index (χ3v) is 4.36. The molecule has 6 heteroatoms. The van der Waals surface area contributed by atoms with Gasteiger partial charge >= 0.3 is 6.61 Å². The number of ether oxygens (including phenoxy) is 1. The number of piperazine rings is 1. The lowest BCUT2D eigenvalue weighted by Gasteiger charge is -2.37. The van der Waals surface area contributed by atoms with E-state index < -0.39 is 6.61 Å². The van der Waals surface area contributed by atoms with Crippen LogP contribution in [0.3, 0.4) is 0 Å². The SMILES string of the molecule is Cc1ccccc1N1CCN(C(=O)c2ccccc2OC(F)F)CC1. The topological polar surface area (TPSA) is 32.8 Å². The molecule has 0 atom stereocenters. The van der Waals surface area contributed by atoms with E-state index in [1.165, 1.54) is 17.7 Å². The molecular formula is C19H20F2N2O2. The number of anilines is 1. The highest BCUT2D eigenvalue weighted by atomic mass is 19.3. The number of aryl methyl sites for hydroxylation is 1. The molecule has 1 heterocycles. The number of hydrogen-bond donors (Lipinski definition) is 0. The van der Waals surface area contributed by atoms with Crippen LogP contribution in [-0.2, 0) is 0 Å². The van der Waals surface area contributed by atoms with Gasteiger partial charge in [-0.05, 0) is 30.7 Å². The average Bonchev–Trinajstić information content (AvgIpc) is 2.62. The molecule has 2 aromatic carbocycles. The number of halogens is 2. The Hall–Kier alpha value is -2.63. The van der Waals surface area contributed by atoms with Gasteiger partial charge in [-0.15, -0.1) is 0 Å². The van der Waals surface area contributed by atoms with Crippen LogP contribution in [0.15, 0.2) is 48.5 Å². The molecular weight excluding hydrogens is 326 g/mol. The second-order valence-electron chi connectivity index (χ2n) is 5.94. The largest absolute Gasteiger partial charge is 0.434 e. The van der Waals surface area contributed by atoms with E-state index in [2.05, 4.69) is 28.7 Å². The van der Waals surface area contributed by atoms with E-state index in [1.807, 2.05) is 12.1 Å². The number of amides is 1. The third-order valence-electron chi connectivity index (χ3n) is 4.36. The molecule has 0 radical (unpaired) electrons. The van der Waals surface area contributed by atoms with Crippen molar-refractivity contribution in [1.29, 1.82) is 0 Å². The van der Waals surface area contributed by atoms with E-state index in [0.717, 1.165) is 5.69 Å². The molecule has 0 bridgehead atoms. The molecule has 1 aliphatic heterocycles. The number of carbonyl (C=O) groups is 1. The van der Waals surface area contributed by atoms with Gasteiger partial charge in [-0.3, -0.25) is 4.79 Å². The predicted molar refractivity (Wildman–Crippen MR) is 92.4 cm³/mol. The summed E-state index contributed by atoms with van der Waals surface area (Å²) in [5, 5.41) is 0. The van der Waals surface area contributed by atoms with Gasteiger partial charge in [0.25, 0.3) is 5.91 Å². The Morgan fingerprint density at radius 1 is 1.00 bits per heavy atom. The van der Waals surface area contributed by atoms with Crippen LogP contribution in [0, 0.1) is 6.92 Å². The van der Waals surface area contributed by atoms with E-state index in [9.17, 15) is 13.6 Å². The maximum Gasteiger partial charge on any atom is 0.387 e. The van der Waals surface area contributed by atoms with Gasteiger partial charge in [-0.25, -0.2) is 0 Å². The first kappa shape index (κ1) is 17.2. The Labute approximate surface area is 145 Å². The number of nitrogens with zero attached hydrogens (tertiary/aromatic N) is 2. The Bertz CT molecular complexity index is 744. The summed E-state index contributed by atoms with van der Waals surface area (Å²) in [6, 6.07) is 14.3. The Morgan fingerprint density at radius 2 is 1.64 bits per heavy atom. The van der Waals surface area contributed by atoms with Crippen molar-refractivity contribution >= 4 is 11.6 Å². The van der Waals surface area contributed by atoms with Crippen LogP contribution in [0.25, 0.3) is 0 Å². The molecule has 0 unspecified atom stereocenters. The van der Waals surface area contributed by atoms with Crippen LogP contribution in [0.1, 0.15) is 15.9 Å².